The highest BCUT2D eigenvalue weighted by molar-refractivity contribution is 9.10. The van der Waals surface area contributed by atoms with Gasteiger partial charge in [0, 0.05) is 16.2 Å². The van der Waals surface area contributed by atoms with Gasteiger partial charge in [0.25, 0.3) is 0 Å². The average Bonchev–Trinajstić information content (AvgIpc) is 2.86. The first-order valence-electron chi connectivity index (χ1n) is 6.26. The number of hydrogen-bond acceptors (Lipinski definition) is 3. The number of anilines is 1. The summed E-state index contributed by atoms with van der Waals surface area (Å²) in [5.41, 5.74) is 1.36. The van der Waals surface area contributed by atoms with Crippen molar-refractivity contribution in [1.82, 2.24) is 9.55 Å². The van der Waals surface area contributed by atoms with Gasteiger partial charge in [-0.2, -0.15) is 0 Å². The Hall–Kier alpha value is -1.82. The van der Waals surface area contributed by atoms with Gasteiger partial charge in [-0.1, -0.05) is 12.1 Å². The van der Waals surface area contributed by atoms with Crippen molar-refractivity contribution in [3.8, 4) is 0 Å². The molecule has 1 unspecified atom stereocenters. The molecule has 2 rings (SSSR count). The number of hydrogen-bond donors (Lipinski definition) is 2. The minimum atomic E-state index is -0.942. The maximum Gasteiger partial charge on any atom is 0.332 e. The molecule has 1 heterocycles. The van der Waals surface area contributed by atoms with Gasteiger partial charge in [0.15, 0.2) is 6.04 Å². The van der Waals surface area contributed by atoms with Gasteiger partial charge in [-0.05, 0) is 41.9 Å². The third kappa shape index (κ3) is 3.01. The van der Waals surface area contributed by atoms with Crippen LogP contribution in [0.3, 0.4) is 0 Å². The van der Waals surface area contributed by atoms with Crippen LogP contribution >= 0.6 is 15.9 Å². The largest absolute Gasteiger partial charge is 0.479 e. The number of carboxylic acid groups (broad SMARTS) is 1. The van der Waals surface area contributed by atoms with Crippen molar-refractivity contribution in [3.63, 3.8) is 0 Å². The Morgan fingerprint density at radius 2 is 2.10 bits per heavy atom. The van der Waals surface area contributed by atoms with Crippen LogP contribution < -0.4 is 5.32 Å². The van der Waals surface area contributed by atoms with Crippen molar-refractivity contribution < 1.29 is 9.90 Å². The van der Waals surface area contributed by atoms with Crippen molar-refractivity contribution in [2.45, 2.75) is 25.9 Å². The van der Waals surface area contributed by atoms with E-state index in [9.17, 15) is 9.90 Å². The van der Waals surface area contributed by atoms with E-state index in [1.54, 1.807) is 12.5 Å². The Bertz CT molecular complexity index is 610. The molecule has 106 valence electrons. The third-order valence-electron chi connectivity index (χ3n) is 2.97. The molecule has 0 saturated heterocycles. The summed E-state index contributed by atoms with van der Waals surface area (Å²) in [7, 11) is 0. The summed E-state index contributed by atoms with van der Waals surface area (Å²) in [6.45, 7) is 3.98. The molecule has 2 N–H and O–H groups in total. The van der Waals surface area contributed by atoms with Crippen LogP contribution in [-0.2, 0) is 4.79 Å². The Morgan fingerprint density at radius 3 is 2.70 bits per heavy atom. The lowest BCUT2D eigenvalue weighted by atomic mass is 10.2. The van der Waals surface area contributed by atoms with E-state index < -0.39 is 12.0 Å². The minimum absolute atomic E-state index is 0.148. The second-order valence-corrected chi connectivity index (χ2v) is 5.57. The van der Waals surface area contributed by atoms with Gasteiger partial charge in [-0.25, -0.2) is 9.78 Å². The summed E-state index contributed by atoms with van der Waals surface area (Å²) in [5, 5.41) is 12.5. The molecule has 2 aromatic rings. The highest BCUT2D eigenvalue weighted by Crippen LogP contribution is 2.27. The maximum absolute atomic E-state index is 11.6. The Kier molecular flexibility index (Phi) is 4.44. The summed E-state index contributed by atoms with van der Waals surface area (Å²) >= 11 is 3.41. The number of halogens is 1. The lowest BCUT2D eigenvalue weighted by molar-refractivity contribution is -0.138. The number of rotatable bonds is 5. The molecular weight excluding hydrogens is 322 g/mol. The molecule has 1 aromatic carbocycles. The van der Waals surface area contributed by atoms with E-state index in [2.05, 4.69) is 26.2 Å². The number of carbonyl (C=O) groups is 1. The first-order valence-corrected chi connectivity index (χ1v) is 7.05. The van der Waals surface area contributed by atoms with Crippen LogP contribution in [0.2, 0.25) is 0 Å². The normalized spacial score (nSPS) is 12.4. The third-order valence-corrected chi connectivity index (χ3v) is 3.66. The van der Waals surface area contributed by atoms with Crippen molar-refractivity contribution in [3.05, 3.63) is 47.0 Å². The molecule has 1 atom stereocenters. The number of nitrogens with zero attached hydrogens (tertiary/aromatic N) is 2. The van der Waals surface area contributed by atoms with Crippen LogP contribution in [0.5, 0.6) is 0 Å². The van der Waals surface area contributed by atoms with E-state index in [-0.39, 0.29) is 6.04 Å². The number of aromatic nitrogens is 2. The Morgan fingerprint density at radius 1 is 1.40 bits per heavy atom. The number of imidazole rings is 1. The Balaban J connectivity index is 2.35. The van der Waals surface area contributed by atoms with Crippen molar-refractivity contribution in [2.24, 2.45) is 0 Å². The lowest BCUT2D eigenvalue weighted by Gasteiger charge is -2.20. The highest BCUT2D eigenvalue weighted by Gasteiger charge is 2.24. The molecule has 0 amide bonds. The monoisotopic (exact) mass is 337 g/mol. The quantitative estimate of drug-likeness (QED) is 0.876. The van der Waals surface area contributed by atoms with Crippen molar-refractivity contribution >= 4 is 27.6 Å². The predicted molar refractivity (Wildman–Crippen MR) is 80.8 cm³/mol. The zero-order chi connectivity index (χ0) is 14.7. The second-order valence-electron chi connectivity index (χ2n) is 4.71. The molecule has 0 saturated carbocycles. The smallest absolute Gasteiger partial charge is 0.332 e. The molecule has 6 heteroatoms. The van der Waals surface area contributed by atoms with Crippen LogP contribution in [0.25, 0.3) is 0 Å². The van der Waals surface area contributed by atoms with Gasteiger partial charge < -0.3 is 15.0 Å². The van der Waals surface area contributed by atoms with E-state index in [0.29, 0.717) is 5.69 Å². The lowest BCUT2D eigenvalue weighted by Crippen LogP contribution is -2.24. The van der Waals surface area contributed by atoms with Crippen LogP contribution in [0, 0.1) is 0 Å². The second kappa shape index (κ2) is 6.09. The molecule has 0 aliphatic heterocycles. The van der Waals surface area contributed by atoms with E-state index in [1.807, 2.05) is 42.7 Å². The summed E-state index contributed by atoms with van der Waals surface area (Å²) in [5.74, 6) is -0.942. The molecule has 20 heavy (non-hydrogen) atoms. The molecule has 0 radical (unpaired) electrons. The molecule has 0 bridgehead atoms. The summed E-state index contributed by atoms with van der Waals surface area (Å²) in [6, 6.07) is 6.72. The molecule has 1 aromatic heterocycles. The zero-order valence-corrected chi connectivity index (χ0v) is 12.8. The number of benzene rings is 1. The van der Waals surface area contributed by atoms with Crippen LogP contribution in [0.1, 0.15) is 31.6 Å². The zero-order valence-electron chi connectivity index (χ0n) is 11.2. The van der Waals surface area contributed by atoms with E-state index in [0.717, 1.165) is 10.2 Å². The molecular formula is C14H16BrN3O2. The molecule has 0 spiro atoms. The molecule has 0 aliphatic carbocycles. The van der Waals surface area contributed by atoms with Crippen LogP contribution in [-0.4, -0.2) is 20.6 Å². The summed E-state index contributed by atoms with van der Waals surface area (Å²) < 4.78 is 2.67. The topological polar surface area (TPSA) is 67.2 Å². The SMILES string of the molecule is CC(C)n1cncc1C(Nc1ccccc1Br)C(=O)O. The fourth-order valence-corrected chi connectivity index (χ4v) is 2.37. The van der Waals surface area contributed by atoms with Gasteiger partial charge in [0.2, 0.25) is 0 Å². The summed E-state index contributed by atoms with van der Waals surface area (Å²) in [6.07, 6.45) is 3.24. The van der Waals surface area contributed by atoms with Crippen molar-refractivity contribution in [1.29, 1.82) is 0 Å². The standard InChI is InChI=1S/C14H16BrN3O2/c1-9(2)18-8-16-7-12(18)13(14(19)20)17-11-6-4-3-5-10(11)15/h3-9,13,17H,1-2H3,(H,19,20). The number of para-hydroxylation sites is 1. The first kappa shape index (κ1) is 14.6. The predicted octanol–water partition coefficient (Wildman–Crippen LogP) is 3.46. The van der Waals surface area contributed by atoms with Gasteiger partial charge in [0.1, 0.15) is 0 Å². The van der Waals surface area contributed by atoms with E-state index in [4.69, 9.17) is 0 Å². The molecule has 0 fully saturated rings. The van der Waals surface area contributed by atoms with E-state index in [1.165, 1.54) is 0 Å². The number of nitrogens with one attached hydrogen (secondary N) is 1. The van der Waals surface area contributed by atoms with Gasteiger partial charge >= 0.3 is 5.97 Å². The highest BCUT2D eigenvalue weighted by atomic mass is 79.9. The van der Waals surface area contributed by atoms with Crippen LogP contribution in [0.15, 0.2) is 41.3 Å². The minimum Gasteiger partial charge on any atom is -0.479 e. The number of aliphatic carboxylic acids is 1. The molecule has 5 nitrogen and oxygen atoms in total. The summed E-state index contributed by atoms with van der Waals surface area (Å²) in [4.78, 5) is 15.6. The van der Waals surface area contributed by atoms with Gasteiger partial charge in [0.05, 0.1) is 18.2 Å². The fraction of sp³-hybridized carbons (Fsp3) is 0.286. The average molecular weight is 338 g/mol. The van der Waals surface area contributed by atoms with Crippen LogP contribution in [0.4, 0.5) is 5.69 Å². The number of carboxylic acids is 1. The van der Waals surface area contributed by atoms with Crippen molar-refractivity contribution in [2.75, 3.05) is 5.32 Å². The Labute approximate surface area is 125 Å². The first-order chi connectivity index (χ1) is 9.50. The maximum atomic E-state index is 11.6. The fourth-order valence-electron chi connectivity index (χ4n) is 1.97. The molecule has 0 aliphatic rings. The van der Waals surface area contributed by atoms with Gasteiger partial charge in [-0.3, -0.25) is 0 Å². The van der Waals surface area contributed by atoms with Gasteiger partial charge in [-0.15, -0.1) is 0 Å². The van der Waals surface area contributed by atoms with E-state index >= 15 is 0 Å².